The van der Waals surface area contributed by atoms with Gasteiger partial charge >= 0.3 is 6.03 Å². The van der Waals surface area contributed by atoms with Gasteiger partial charge in [-0.1, -0.05) is 23.7 Å². The summed E-state index contributed by atoms with van der Waals surface area (Å²) in [6.45, 7) is 4.84. The SMILES string of the molecule is CCOC1CCCN(C(=O)NCCc2ccc(Cl)cc2)C1. The summed E-state index contributed by atoms with van der Waals surface area (Å²) in [7, 11) is 0. The van der Waals surface area contributed by atoms with Crippen molar-refractivity contribution in [3.05, 3.63) is 34.9 Å². The molecule has 21 heavy (non-hydrogen) atoms. The first-order chi connectivity index (χ1) is 10.2. The summed E-state index contributed by atoms with van der Waals surface area (Å²) < 4.78 is 5.61. The zero-order valence-corrected chi connectivity index (χ0v) is 13.2. The lowest BCUT2D eigenvalue weighted by molar-refractivity contribution is 0.0165. The molecule has 1 heterocycles. The second kappa shape index (κ2) is 8.25. The van der Waals surface area contributed by atoms with E-state index >= 15 is 0 Å². The Labute approximate surface area is 131 Å². The summed E-state index contributed by atoms with van der Waals surface area (Å²) in [6, 6.07) is 7.72. The third kappa shape index (κ3) is 5.21. The van der Waals surface area contributed by atoms with Crippen molar-refractivity contribution in [2.24, 2.45) is 0 Å². The predicted molar refractivity (Wildman–Crippen MR) is 84.8 cm³/mol. The van der Waals surface area contributed by atoms with Crippen molar-refractivity contribution in [3.63, 3.8) is 0 Å². The number of nitrogens with zero attached hydrogens (tertiary/aromatic N) is 1. The Morgan fingerprint density at radius 1 is 1.43 bits per heavy atom. The van der Waals surface area contributed by atoms with Crippen LogP contribution in [-0.4, -0.2) is 43.3 Å². The fourth-order valence-corrected chi connectivity index (χ4v) is 2.70. The second-order valence-corrected chi connectivity index (χ2v) is 5.71. The van der Waals surface area contributed by atoms with Gasteiger partial charge in [-0.05, 0) is 43.9 Å². The van der Waals surface area contributed by atoms with Crippen LogP contribution in [0.25, 0.3) is 0 Å². The number of halogens is 1. The number of urea groups is 1. The van der Waals surface area contributed by atoms with Crippen LogP contribution in [0.1, 0.15) is 25.3 Å². The van der Waals surface area contributed by atoms with Crippen LogP contribution < -0.4 is 5.32 Å². The van der Waals surface area contributed by atoms with E-state index in [1.807, 2.05) is 36.1 Å². The molecular formula is C16H23ClN2O2. The number of carbonyl (C=O) groups is 1. The molecule has 1 saturated heterocycles. The first-order valence-corrected chi connectivity index (χ1v) is 7.95. The van der Waals surface area contributed by atoms with Crippen LogP contribution in [0.2, 0.25) is 5.02 Å². The quantitative estimate of drug-likeness (QED) is 0.908. The van der Waals surface area contributed by atoms with E-state index in [0.29, 0.717) is 19.7 Å². The molecule has 1 aromatic carbocycles. The number of rotatable bonds is 5. The molecule has 0 aromatic heterocycles. The van der Waals surface area contributed by atoms with Gasteiger partial charge in [0.05, 0.1) is 6.10 Å². The first kappa shape index (κ1) is 16.1. The number of carbonyl (C=O) groups excluding carboxylic acids is 1. The number of ether oxygens (including phenoxy) is 1. The summed E-state index contributed by atoms with van der Waals surface area (Å²) in [4.78, 5) is 14.0. The Hall–Kier alpha value is -1.26. The molecule has 4 nitrogen and oxygen atoms in total. The molecule has 116 valence electrons. The maximum absolute atomic E-state index is 12.1. The molecule has 1 atom stereocenters. The standard InChI is InChI=1S/C16H23ClN2O2/c1-2-21-15-4-3-11-19(12-15)16(20)18-10-9-13-5-7-14(17)8-6-13/h5-8,15H,2-4,9-12H2,1H3,(H,18,20). The third-order valence-electron chi connectivity index (χ3n) is 3.67. The molecule has 0 spiro atoms. The summed E-state index contributed by atoms with van der Waals surface area (Å²) in [6.07, 6.45) is 3.05. The fourth-order valence-electron chi connectivity index (χ4n) is 2.57. The van der Waals surface area contributed by atoms with Crippen molar-refractivity contribution in [3.8, 4) is 0 Å². The van der Waals surface area contributed by atoms with Crippen molar-refractivity contribution in [1.82, 2.24) is 10.2 Å². The number of nitrogens with one attached hydrogen (secondary N) is 1. The van der Waals surface area contributed by atoms with E-state index in [0.717, 1.165) is 30.8 Å². The highest BCUT2D eigenvalue weighted by Gasteiger charge is 2.23. The van der Waals surface area contributed by atoms with Gasteiger partial charge in [0.2, 0.25) is 0 Å². The maximum Gasteiger partial charge on any atom is 0.317 e. The average Bonchev–Trinajstić information content (AvgIpc) is 2.50. The van der Waals surface area contributed by atoms with Crippen molar-refractivity contribution < 1.29 is 9.53 Å². The van der Waals surface area contributed by atoms with Gasteiger partial charge in [-0.2, -0.15) is 0 Å². The van der Waals surface area contributed by atoms with Gasteiger partial charge in [0.25, 0.3) is 0 Å². The number of benzene rings is 1. The highest BCUT2D eigenvalue weighted by Crippen LogP contribution is 2.13. The summed E-state index contributed by atoms with van der Waals surface area (Å²) in [5.74, 6) is 0. The Bertz CT molecular complexity index is 448. The summed E-state index contributed by atoms with van der Waals surface area (Å²) in [5.41, 5.74) is 1.17. The fraction of sp³-hybridized carbons (Fsp3) is 0.562. The van der Waals surface area contributed by atoms with Gasteiger partial charge < -0.3 is 15.0 Å². The maximum atomic E-state index is 12.1. The number of hydrogen-bond donors (Lipinski definition) is 1. The second-order valence-electron chi connectivity index (χ2n) is 5.27. The van der Waals surface area contributed by atoms with E-state index in [-0.39, 0.29) is 12.1 Å². The van der Waals surface area contributed by atoms with Crippen LogP contribution in [0.3, 0.4) is 0 Å². The van der Waals surface area contributed by atoms with Gasteiger partial charge in [-0.15, -0.1) is 0 Å². The normalized spacial score (nSPS) is 18.6. The van der Waals surface area contributed by atoms with E-state index in [9.17, 15) is 4.79 Å². The van der Waals surface area contributed by atoms with Crippen LogP contribution in [0.4, 0.5) is 4.79 Å². The zero-order valence-electron chi connectivity index (χ0n) is 12.5. The minimum absolute atomic E-state index is 0.00775. The zero-order chi connectivity index (χ0) is 15.1. The Morgan fingerprint density at radius 3 is 2.90 bits per heavy atom. The lowest BCUT2D eigenvalue weighted by Gasteiger charge is -2.32. The van der Waals surface area contributed by atoms with Gasteiger partial charge in [0.1, 0.15) is 0 Å². The molecule has 1 aliphatic heterocycles. The van der Waals surface area contributed by atoms with Crippen LogP contribution >= 0.6 is 11.6 Å². The monoisotopic (exact) mass is 310 g/mol. The van der Waals surface area contributed by atoms with E-state index in [1.54, 1.807) is 0 Å². The minimum atomic E-state index is 0.00775. The first-order valence-electron chi connectivity index (χ1n) is 7.58. The molecule has 2 amide bonds. The lowest BCUT2D eigenvalue weighted by atomic mass is 10.1. The highest BCUT2D eigenvalue weighted by molar-refractivity contribution is 6.30. The van der Waals surface area contributed by atoms with Crippen molar-refractivity contribution >= 4 is 17.6 Å². The van der Waals surface area contributed by atoms with Gasteiger partial charge in [0, 0.05) is 31.3 Å². The molecule has 2 rings (SSSR count). The molecule has 1 unspecified atom stereocenters. The van der Waals surface area contributed by atoms with Crippen molar-refractivity contribution in [2.75, 3.05) is 26.2 Å². The number of piperidine rings is 1. The number of hydrogen-bond acceptors (Lipinski definition) is 2. The summed E-state index contributed by atoms with van der Waals surface area (Å²) in [5, 5.41) is 3.71. The average molecular weight is 311 g/mol. The van der Waals surface area contributed by atoms with Crippen molar-refractivity contribution in [1.29, 1.82) is 0 Å². The van der Waals surface area contributed by atoms with Crippen LogP contribution in [0, 0.1) is 0 Å². The molecule has 0 aliphatic carbocycles. The lowest BCUT2D eigenvalue weighted by Crippen LogP contribution is -2.48. The topological polar surface area (TPSA) is 41.6 Å². The van der Waals surface area contributed by atoms with Gasteiger partial charge in [0.15, 0.2) is 0 Å². The largest absolute Gasteiger partial charge is 0.377 e. The molecule has 5 heteroatoms. The molecule has 1 aliphatic rings. The van der Waals surface area contributed by atoms with Gasteiger partial charge in [-0.25, -0.2) is 4.79 Å². The molecule has 1 fully saturated rings. The van der Waals surface area contributed by atoms with Crippen LogP contribution in [0.15, 0.2) is 24.3 Å². The molecular weight excluding hydrogens is 288 g/mol. The Balaban J connectivity index is 1.72. The molecule has 1 N–H and O–H groups in total. The molecule has 0 bridgehead atoms. The number of likely N-dealkylation sites (tertiary alicyclic amines) is 1. The Morgan fingerprint density at radius 2 is 2.19 bits per heavy atom. The van der Waals surface area contributed by atoms with Crippen LogP contribution in [0.5, 0.6) is 0 Å². The number of amides is 2. The van der Waals surface area contributed by atoms with E-state index < -0.39 is 0 Å². The van der Waals surface area contributed by atoms with E-state index in [1.165, 1.54) is 5.56 Å². The smallest absolute Gasteiger partial charge is 0.317 e. The third-order valence-corrected chi connectivity index (χ3v) is 3.92. The molecule has 0 radical (unpaired) electrons. The van der Waals surface area contributed by atoms with E-state index in [4.69, 9.17) is 16.3 Å². The van der Waals surface area contributed by atoms with E-state index in [2.05, 4.69) is 5.32 Å². The Kier molecular flexibility index (Phi) is 6.33. The predicted octanol–water partition coefficient (Wildman–Crippen LogP) is 3.09. The highest BCUT2D eigenvalue weighted by atomic mass is 35.5. The van der Waals surface area contributed by atoms with Crippen molar-refractivity contribution in [2.45, 2.75) is 32.3 Å². The minimum Gasteiger partial charge on any atom is -0.377 e. The molecule has 1 aromatic rings. The van der Waals surface area contributed by atoms with Crippen LogP contribution in [-0.2, 0) is 11.2 Å². The molecule has 0 saturated carbocycles. The summed E-state index contributed by atoms with van der Waals surface area (Å²) >= 11 is 5.85. The van der Waals surface area contributed by atoms with Gasteiger partial charge in [-0.3, -0.25) is 0 Å².